The number of rotatable bonds is 64. The van der Waals surface area contributed by atoms with E-state index in [2.05, 4.69) is 130 Å². The zero-order valence-electron chi connectivity index (χ0n) is 55.3. The Labute approximate surface area is 539 Å². The number of hydrogen-bond donors (Lipinski definition) is 4. The van der Waals surface area contributed by atoms with Gasteiger partial charge in [0, 0.05) is 19.3 Å². The molecule has 0 aliphatic heterocycles. The van der Waals surface area contributed by atoms with Crippen molar-refractivity contribution in [2.24, 2.45) is 0 Å². The van der Waals surface area contributed by atoms with Crippen molar-refractivity contribution >= 4 is 33.6 Å². The molecule has 0 aromatic heterocycles. The van der Waals surface area contributed by atoms with Crippen LogP contribution in [0.5, 0.6) is 0 Å². The lowest BCUT2D eigenvalue weighted by Crippen LogP contribution is -2.30. The summed E-state index contributed by atoms with van der Waals surface area (Å²) in [6, 6.07) is 0. The fraction of sp³-hybridized carbons (Fsp3) is 0.704. The molecule has 16 nitrogen and oxygen atoms in total. The van der Waals surface area contributed by atoms with Gasteiger partial charge in [0.2, 0.25) is 0 Å². The van der Waals surface area contributed by atoms with Gasteiger partial charge in [-0.2, -0.15) is 0 Å². The van der Waals surface area contributed by atoms with E-state index in [-0.39, 0.29) is 19.3 Å². The second-order valence-corrected chi connectivity index (χ2v) is 25.5. The van der Waals surface area contributed by atoms with Crippen LogP contribution >= 0.6 is 15.6 Å². The number of carbonyl (C=O) groups excluding carboxylic acids is 3. The third-order valence-corrected chi connectivity index (χ3v) is 15.9. The lowest BCUT2D eigenvalue weighted by atomic mass is 10.1. The van der Waals surface area contributed by atoms with Crippen LogP contribution < -0.4 is 0 Å². The van der Waals surface area contributed by atoms with Gasteiger partial charge >= 0.3 is 33.6 Å². The van der Waals surface area contributed by atoms with Crippen LogP contribution in [0.25, 0.3) is 0 Å². The van der Waals surface area contributed by atoms with Crippen molar-refractivity contribution in [2.45, 2.75) is 283 Å². The first kappa shape index (κ1) is 85.2. The molecule has 18 heteroatoms. The Morgan fingerprint density at radius 1 is 0.326 bits per heavy atom. The summed E-state index contributed by atoms with van der Waals surface area (Å²) >= 11 is 0. The fourth-order valence-electron chi connectivity index (χ4n) is 8.71. The smallest absolute Gasteiger partial charge is 0.463 e. The lowest BCUT2D eigenvalue weighted by molar-refractivity contribution is -0.161. The van der Waals surface area contributed by atoms with Crippen LogP contribution in [-0.2, 0) is 55.8 Å². The molecular weight excluding hydrogens is 1170 g/mol. The lowest BCUT2D eigenvalue weighted by Gasteiger charge is -2.21. The maximum Gasteiger partial charge on any atom is 0.472 e. The Morgan fingerprint density at radius 2 is 0.596 bits per heavy atom. The van der Waals surface area contributed by atoms with Gasteiger partial charge in [0.25, 0.3) is 0 Å². The summed E-state index contributed by atoms with van der Waals surface area (Å²) in [5, 5.41) is 20.5. The summed E-state index contributed by atoms with van der Waals surface area (Å²) in [7, 11) is -9.79. The zero-order chi connectivity index (χ0) is 65.3. The maximum atomic E-state index is 12.9. The number of phosphoric ester groups is 2. The number of aliphatic hydroxyl groups is 2. The largest absolute Gasteiger partial charge is 0.472 e. The second kappa shape index (κ2) is 64.3. The Balaban J connectivity index is 4.72. The molecule has 0 rings (SSSR count). The number of esters is 3. The molecule has 0 radical (unpaired) electrons. The van der Waals surface area contributed by atoms with Gasteiger partial charge in [-0.1, -0.05) is 226 Å². The number of ether oxygens (including phenoxy) is 3. The van der Waals surface area contributed by atoms with Crippen LogP contribution in [-0.4, -0.2) is 95.9 Å². The molecule has 0 heterocycles. The molecule has 0 aromatic rings. The standard InChI is InChI=1S/C71H122O16P2/c1-4-7-10-13-16-19-22-25-28-30-32-34-37-39-42-45-48-51-54-57-69(74)81-60-66(72)61-83-88(77,78)84-62-67(73)63-85-89(79,80)86-65-68(87-71(76)59-56-53-50-47-44-41-36-27-24-21-18-15-12-9-6-3)64-82-70(75)58-55-52-49-46-43-40-38-35-33-31-29-26-23-20-17-14-11-8-5-2/h9,12,16-21,25-29,32-36,66-68,72-73H,4-8,10-11,13-15,22-24,30-31,37-65H2,1-3H3,(H,77,78)(H,79,80)/b12-9-,19-16-,20-17-,21-18-,28-25-,29-26-,34-32-,35-33-,36-27-. The van der Waals surface area contributed by atoms with E-state index in [9.17, 15) is 43.5 Å². The van der Waals surface area contributed by atoms with E-state index >= 15 is 0 Å². The minimum Gasteiger partial charge on any atom is -0.463 e. The van der Waals surface area contributed by atoms with Gasteiger partial charge in [0.1, 0.15) is 25.4 Å². The van der Waals surface area contributed by atoms with E-state index in [1.165, 1.54) is 44.9 Å². The molecule has 0 spiro atoms. The van der Waals surface area contributed by atoms with Gasteiger partial charge in [-0.3, -0.25) is 32.5 Å². The van der Waals surface area contributed by atoms with E-state index in [0.29, 0.717) is 19.3 Å². The third kappa shape index (κ3) is 65.5. The molecule has 512 valence electrons. The van der Waals surface area contributed by atoms with Gasteiger partial charge < -0.3 is 34.2 Å². The molecular formula is C71H122O16P2. The van der Waals surface area contributed by atoms with Crippen molar-refractivity contribution in [1.82, 2.24) is 0 Å². The van der Waals surface area contributed by atoms with Crippen molar-refractivity contribution < 1.29 is 75.8 Å². The predicted octanol–water partition coefficient (Wildman–Crippen LogP) is 18.9. The highest BCUT2D eigenvalue weighted by Crippen LogP contribution is 2.45. The summed E-state index contributed by atoms with van der Waals surface area (Å²) < 4.78 is 60.9. The summed E-state index contributed by atoms with van der Waals surface area (Å²) in [6.07, 6.45) is 71.3. The molecule has 89 heavy (non-hydrogen) atoms. The minimum absolute atomic E-state index is 0.0794. The molecule has 0 amide bonds. The van der Waals surface area contributed by atoms with Crippen molar-refractivity contribution in [3.8, 4) is 0 Å². The van der Waals surface area contributed by atoms with Gasteiger partial charge in [0.05, 0.1) is 26.4 Å². The molecule has 4 N–H and O–H groups in total. The molecule has 0 fully saturated rings. The average Bonchev–Trinajstić information content (AvgIpc) is 3.56. The summed E-state index contributed by atoms with van der Waals surface area (Å²) in [5.41, 5.74) is 0. The molecule has 5 unspecified atom stereocenters. The van der Waals surface area contributed by atoms with Gasteiger partial charge in [0.15, 0.2) is 6.10 Å². The normalized spacial score (nSPS) is 14.9. The first-order valence-electron chi connectivity index (χ1n) is 34.2. The summed E-state index contributed by atoms with van der Waals surface area (Å²) in [5.74, 6) is -1.62. The van der Waals surface area contributed by atoms with Crippen LogP contribution in [0, 0.1) is 0 Å². The van der Waals surface area contributed by atoms with Crippen LogP contribution in [0.2, 0.25) is 0 Å². The molecule has 0 aliphatic carbocycles. The number of unbranched alkanes of at least 4 members (excludes halogenated alkanes) is 23. The number of phosphoric acid groups is 2. The highest BCUT2D eigenvalue weighted by atomic mass is 31.2. The fourth-order valence-corrected chi connectivity index (χ4v) is 10.3. The van der Waals surface area contributed by atoms with Gasteiger partial charge in [-0.05, 0) is 128 Å². The quantitative estimate of drug-likeness (QED) is 0.0146. The maximum absolute atomic E-state index is 12.9. The highest BCUT2D eigenvalue weighted by molar-refractivity contribution is 7.47. The summed E-state index contributed by atoms with van der Waals surface area (Å²) in [6.45, 7) is 2.44. The minimum atomic E-state index is -4.93. The molecule has 0 saturated carbocycles. The molecule has 0 aromatic carbocycles. The number of aliphatic hydroxyl groups excluding tert-OH is 2. The molecule has 5 atom stereocenters. The van der Waals surface area contributed by atoms with Crippen LogP contribution in [0.4, 0.5) is 0 Å². The number of carbonyl (C=O) groups is 3. The monoisotopic (exact) mass is 1290 g/mol. The Morgan fingerprint density at radius 3 is 0.944 bits per heavy atom. The zero-order valence-corrected chi connectivity index (χ0v) is 57.1. The van der Waals surface area contributed by atoms with Gasteiger partial charge in [-0.25, -0.2) is 9.13 Å². The van der Waals surface area contributed by atoms with E-state index in [0.717, 1.165) is 161 Å². The number of hydrogen-bond acceptors (Lipinski definition) is 14. The Kier molecular flexibility index (Phi) is 61.6. The van der Waals surface area contributed by atoms with Crippen molar-refractivity contribution in [3.05, 3.63) is 109 Å². The van der Waals surface area contributed by atoms with Gasteiger partial charge in [-0.15, -0.1) is 0 Å². The van der Waals surface area contributed by atoms with E-state index in [4.69, 9.17) is 32.3 Å². The van der Waals surface area contributed by atoms with Crippen molar-refractivity contribution in [1.29, 1.82) is 0 Å². The molecule has 0 bridgehead atoms. The predicted molar refractivity (Wildman–Crippen MR) is 362 cm³/mol. The topological polar surface area (TPSA) is 231 Å². The summed E-state index contributed by atoms with van der Waals surface area (Å²) in [4.78, 5) is 58.4. The van der Waals surface area contributed by atoms with Crippen molar-refractivity contribution in [2.75, 3.05) is 39.6 Å². The van der Waals surface area contributed by atoms with Crippen LogP contribution in [0.3, 0.4) is 0 Å². The van der Waals surface area contributed by atoms with E-state index in [1.54, 1.807) is 0 Å². The number of allylic oxidation sites excluding steroid dienone is 18. The first-order chi connectivity index (χ1) is 43.2. The van der Waals surface area contributed by atoms with Crippen molar-refractivity contribution in [3.63, 3.8) is 0 Å². The van der Waals surface area contributed by atoms with E-state index < -0.39 is 91.5 Å². The highest BCUT2D eigenvalue weighted by Gasteiger charge is 2.29. The average molecular weight is 1290 g/mol. The molecule has 0 aliphatic rings. The molecule has 0 saturated heterocycles. The second-order valence-electron chi connectivity index (χ2n) is 22.6. The Bertz CT molecular complexity index is 2060. The van der Waals surface area contributed by atoms with Crippen LogP contribution in [0.15, 0.2) is 109 Å². The van der Waals surface area contributed by atoms with E-state index in [1.807, 2.05) is 0 Å². The van der Waals surface area contributed by atoms with Crippen LogP contribution in [0.1, 0.15) is 265 Å². The Hall–Kier alpha value is -3.79. The SMILES string of the molecule is CC/C=C\C/C=C\C/C=C\CCCCCCCC(=O)OC(COC(=O)CCCCCCCC/C=C\C/C=C\C/C=C\CCCCC)COP(=O)(O)OCC(O)COP(=O)(O)OCC(O)COC(=O)CCCCCCCC/C=C\C/C=C\C/C=C\CCCCC. The first-order valence-corrected chi connectivity index (χ1v) is 37.2. The third-order valence-electron chi connectivity index (χ3n) is 14.0.